The number of carbonyl (C=O) groups excluding carboxylic acids is 3. The van der Waals surface area contributed by atoms with Gasteiger partial charge in [0.05, 0.1) is 31.3 Å². The Morgan fingerprint density at radius 3 is 2.39 bits per heavy atom. The van der Waals surface area contributed by atoms with E-state index < -0.39 is 11.9 Å². The van der Waals surface area contributed by atoms with Crippen molar-refractivity contribution in [3.8, 4) is 11.5 Å². The first-order valence-electron chi connectivity index (χ1n) is 10.0. The van der Waals surface area contributed by atoms with Crippen LogP contribution in [0, 0.1) is 6.92 Å². The number of nitrogens with zero attached hydrogens (tertiary/aromatic N) is 1. The number of carbonyl (C=O) groups is 3. The van der Waals surface area contributed by atoms with Gasteiger partial charge in [0.25, 0.3) is 11.8 Å². The summed E-state index contributed by atoms with van der Waals surface area (Å²) in [5, 5.41) is 3.06. The fourth-order valence-corrected chi connectivity index (χ4v) is 4.63. The molecule has 166 valence electrons. The van der Waals surface area contributed by atoms with Crippen LogP contribution in [0.2, 0.25) is 0 Å². The third kappa shape index (κ3) is 4.66. The minimum atomic E-state index is -0.570. The Morgan fingerprint density at radius 2 is 1.77 bits per heavy atom. The van der Waals surface area contributed by atoms with Crippen LogP contribution in [0.4, 0.5) is 5.00 Å². The molecule has 3 rings (SSSR count). The van der Waals surface area contributed by atoms with Crippen LogP contribution in [0.3, 0.4) is 0 Å². The molecule has 31 heavy (non-hydrogen) atoms. The van der Waals surface area contributed by atoms with E-state index in [9.17, 15) is 14.4 Å². The van der Waals surface area contributed by atoms with Crippen LogP contribution in [0.25, 0.3) is 0 Å². The molecule has 0 atom stereocenters. The molecular formula is C22H26N2O6S. The molecule has 1 aliphatic heterocycles. The lowest BCUT2D eigenvalue weighted by Gasteiger charge is -2.14. The molecule has 1 saturated heterocycles. The first kappa shape index (κ1) is 22.6. The zero-order valence-corrected chi connectivity index (χ0v) is 18.9. The Bertz CT molecular complexity index is 994. The predicted molar refractivity (Wildman–Crippen MR) is 118 cm³/mol. The van der Waals surface area contributed by atoms with E-state index in [1.165, 1.54) is 14.2 Å². The summed E-state index contributed by atoms with van der Waals surface area (Å²) < 4.78 is 15.6. The summed E-state index contributed by atoms with van der Waals surface area (Å²) in [7, 11) is 2.99. The van der Waals surface area contributed by atoms with Crippen LogP contribution >= 0.6 is 11.3 Å². The second-order valence-corrected chi connectivity index (χ2v) is 8.02. The van der Waals surface area contributed by atoms with E-state index in [2.05, 4.69) is 5.32 Å². The molecule has 9 heteroatoms. The van der Waals surface area contributed by atoms with Crippen molar-refractivity contribution >= 4 is 34.1 Å². The van der Waals surface area contributed by atoms with Gasteiger partial charge in [0, 0.05) is 18.7 Å². The van der Waals surface area contributed by atoms with Crippen molar-refractivity contribution in [2.24, 2.45) is 0 Å². The van der Waals surface area contributed by atoms with Gasteiger partial charge >= 0.3 is 5.97 Å². The summed E-state index contributed by atoms with van der Waals surface area (Å²) in [6.45, 7) is 4.99. The summed E-state index contributed by atoms with van der Waals surface area (Å²) in [6.07, 6.45) is 1.92. The van der Waals surface area contributed by atoms with E-state index in [-0.39, 0.29) is 18.1 Å². The summed E-state index contributed by atoms with van der Waals surface area (Å²) in [6, 6.07) is 4.77. The minimum absolute atomic E-state index is 0.128. The summed E-state index contributed by atoms with van der Waals surface area (Å²) in [4.78, 5) is 40.7. The van der Waals surface area contributed by atoms with Crippen molar-refractivity contribution in [2.45, 2.75) is 26.7 Å². The fourth-order valence-electron chi connectivity index (χ4n) is 3.47. The van der Waals surface area contributed by atoms with Gasteiger partial charge in [-0.05, 0) is 50.5 Å². The minimum Gasteiger partial charge on any atom is -0.493 e. The molecule has 1 aromatic carbocycles. The number of nitrogens with one attached hydrogen (secondary N) is 1. The third-order valence-corrected chi connectivity index (χ3v) is 6.28. The maximum Gasteiger partial charge on any atom is 0.341 e. The SMILES string of the molecule is CCOC(=O)c1c(NC(=O)c2ccc(OC)c(OC)c2)sc(C(=O)N2CCCC2)c1C. The maximum absolute atomic E-state index is 13.0. The summed E-state index contributed by atoms with van der Waals surface area (Å²) in [5.74, 6) is -0.228. The van der Waals surface area contributed by atoms with Gasteiger partial charge in [-0.1, -0.05) is 0 Å². The number of methoxy groups -OCH3 is 2. The molecule has 8 nitrogen and oxygen atoms in total. The van der Waals surface area contributed by atoms with Crippen LogP contribution in [-0.2, 0) is 4.74 Å². The van der Waals surface area contributed by atoms with Crippen LogP contribution in [0.15, 0.2) is 18.2 Å². The molecule has 0 bridgehead atoms. The van der Waals surface area contributed by atoms with E-state index >= 15 is 0 Å². The zero-order valence-electron chi connectivity index (χ0n) is 18.1. The Morgan fingerprint density at radius 1 is 1.10 bits per heavy atom. The second kappa shape index (κ2) is 9.82. The molecule has 0 radical (unpaired) electrons. The van der Waals surface area contributed by atoms with Crippen LogP contribution in [-0.4, -0.2) is 56.6 Å². The topological polar surface area (TPSA) is 94.2 Å². The molecule has 0 saturated carbocycles. The van der Waals surface area contributed by atoms with Crippen molar-refractivity contribution in [2.75, 3.05) is 39.2 Å². The number of rotatable bonds is 7. The highest BCUT2D eigenvalue weighted by atomic mass is 32.1. The van der Waals surface area contributed by atoms with Crippen molar-refractivity contribution in [1.29, 1.82) is 0 Å². The number of esters is 1. The second-order valence-electron chi connectivity index (χ2n) is 7.00. The molecule has 1 N–H and O–H groups in total. The highest BCUT2D eigenvalue weighted by molar-refractivity contribution is 7.18. The number of thiophene rings is 1. The monoisotopic (exact) mass is 446 g/mol. The van der Waals surface area contributed by atoms with Crippen molar-refractivity contribution in [3.63, 3.8) is 0 Å². The van der Waals surface area contributed by atoms with Gasteiger partial charge in [0.1, 0.15) is 5.00 Å². The van der Waals surface area contributed by atoms with Gasteiger partial charge in [-0.15, -0.1) is 11.3 Å². The number of hydrogen-bond donors (Lipinski definition) is 1. The maximum atomic E-state index is 13.0. The molecule has 0 aliphatic carbocycles. The quantitative estimate of drug-likeness (QED) is 0.651. The molecule has 1 aromatic heterocycles. The molecule has 2 amide bonds. The van der Waals surface area contributed by atoms with E-state index in [0.29, 0.717) is 45.6 Å². The number of likely N-dealkylation sites (tertiary alicyclic amines) is 1. The first-order chi connectivity index (χ1) is 14.9. The number of hydrogen-bond acceptors (Lipinski definition) is 7. The number of ether oxygens (including phenoxy) is 3. The molecule has 2 heterocycles. The molecule has 0 spiro atoms. The van der Waals surface area contributed by atoms with Crippen LogP contribution in [0.1, 0.15) is 55.7 Å². The third-order valence-electron chi connectivity index (χ3n) is 5.09. The van der Waals surface area contributed by atoms with E-state index in [1.54, 1.807) is 36.9 Å². The molecule has 0 unspecified atom stereocenters. The van der Waals surface area contributed by atoms with Crippen LogP contribution in [0.5, 0.6) is 11.5 Å². The lowest BCUT2D eigenvalue weighted by Crippen LogP contribution is -2.27. The number of benzene rings is 1. The van der Waals surface area contributed by atoms with Gasteiger partial charge in [0.15, 0.2) is 11.5 Å². The van der Waals surface area contributed by atoms with E-state index in [0.717, 1.165) is 24.2 Å². The lowest BCUT2D eigenvalue weighted by atomic mass is 10.1. The van der Waals surface area contributed by atoms with Gasteiger partial charge < -0.3 is 24.4 Å². The van der Waals surface area contributed by atoms with Crippen molar-refractivity contribution < 1.29 is 28.6 Å². The van der Waals surface area contributed by atoms with Crippen molar-refractivity contribution in [3.05, 3.63) is 39.8 Å². The highest BCUT2D eigenvalue weighted by Crippen LogP contribution is 2.36. The zero-order chi connectivity index (χ0) is 22.5. The molecule has 1 fully saturated rings. The Balaban J connectivity index is 1.95. The normalized spacial score (nSPS) is 13.1. The Hall–Kier alpha value is -3.07. The fraction of sp³-hybridized carbons (Fsp3) is 0.409. The summed E-state index contributed by atoms with van der Waals surface area (Å²) in [5.41, 5.74) is 1.05. The average molecular weight is 447 g/mol. The molecule has 2 aromatic rings. The number of amides is 2. The molecule has 1 aliphatic rings. The van der Waals surface area contributed by atoms with Gasteiger partial charge in [-0.3, -0.25) is 9.59 Å². The van der Waals surface area contributed by atoms with Gasteiger partial charge in [0.2, 0.25) is 0 Å². The van der Waals surface area contributed by atoms with E-state index in [1.807, 2.05) is 0 Å². The Labute approximate surface area is 185 Å². The predicted octanol–water partition coefficient (Wildman–Crippen LogP) is 3.74. The largest absolute Gasteiger partial charge is 0.493 e. The highest BCUT2D eigenvalue weighted by Gasteiger charge is 2.30. The van der Waals surface area contributed by atoms with E-state index in [4.69, 9.17) is 14.2 Å². The number of anilines is 1. The standard InChI is InChI=1S/C22H26N2O6S/c1-5-30-22(27)17-13(2)18(21(26)24-10-6-7-11-24)31-20(17)23-19(25)14-8-9-15(28-3)16(12-14)29-4/h8-9,12H,5-7,10-11H2,1-4H3,(H,23,25). The summed E-state index contributed by atoms with van der Waals surface area (Å²) >= 11 is 1.10. The van der Waals surface area contributed by atoms with Crippen molar-refractivity contribution in [1.82, 2.24) is 4.90 Å². The van der Waals surface area contributed by atoms with Gasteiger partial charge in [-0.2, -0.15) is 0 Å². The van der Waals surface area contributed by atoms with Gasteiger partial charge in [-0.25, -0.2) is 4.79 Å². The first-order valence-corrected chi connectivity index (χ1v) is 10.9. The van der Waals surface area contributed by atoms with Crippen LogP contribution < -0.4 is 14.8 Å². The smallest absolute Gasteiger partial charge is 0.341 e. The average Bonchev–Trinajstić information content (AvgIpc) is 3.41. The Kier molecular flexibility index (Phi) is 7.17. The lowest BCUT2D eigenvalue weighted by molar-refractivity contribution is 0.0527. The molecular weight excluding hydrogens is 420 g/mol.